The minimum Gasteiger partial charge on any atom is -0.313 e. The molecule has 3 amide bonds. The van der Waals surface area contributed by atoms with Crippen LogP contribution in [-0.2, 0) is 4.79 Å². The second kappa shape index (κ2) is 4.68. The summed E-state index contributed by atoms with van der Waals surface area (Å²) in [5.74, 6) is -0.159. The minimum atomic E-state index is -0.730. The molecule has 16 heavy (non-hydrogen) atoms. The number of carbonyl (C=O) groups is 2. The molecular weight excluding hydrogens is 204 g/mol. The molecule has 0 aromatic heterocycles. The summed E-state index contributed by atoms with van der Waals surface area (Å²) in [5.41, 5.74) is -0.730. The molecule has 4 nitrogen and oxygen atoms in total. The average molecular weight is 224 g/mol. The minimum absolute atomic E-state index is 0.159. The molecule has 1 aliphatic rings. The third-order valence-corrected chi connectivity index (χ3v) is 3.05. The lowest BCUT2D eigenvalue weighted by Crippen LogP contribution is -2.41. The van der Waals surface area contributed by atoms with Crippen molar-refractivity contribution in [2.75, 3.05) is 7.05 Å². The Morgan fingerprint density at radius 1 is 1.31 bits per heavy atom. The number of amides is 3. The van der Waals surface area contributed by atoms with Gasteiger partial charge in [-0.3, -0.25) is 4.79 Å². The number of imide groups is 1. The maximum atomic E-state index is 11.9. The van der Waals surface area contributed by atoms with E-state index < -0.39 is 5.54 Å². The van der Waals surface area contributed by atoms with E-state index in [9.17, 15) is 9.59 Å². The molecule has 0 aromatic carbocycles. The van der Waals surface area contributed by atoms with E-state index >= 15 is 0 Å². The molecule has 1 fully saturated rings. The molecule has 0 radical (unpaired) electrons. The fraction of sp³-hybridized carbons (Fsp3) is 0.667. The molecule has 0 spiro atoms. The van der Waals surface area contributed by atoms with Crippen LogP contribution in [0.3, 0.4) is 0 Å². The second-order valence-electron chi connectivity index (χ2n) is 4.60. The van der Waals surface area contributed by atoms with Crippen molar-refractivity contribution in [2.24, 2.45) is 0 Å². The fourth-order valence-corrected chi connectivity index (χ4v) is 1.56. The standard InChI is InChI=1S/C12H20N2O2/c1-5-6-7-8-9-14-10(15)12(2,3)13(4)11(14)16/h8-9H,5-7H2,1-4H3/b9-8-. The maximum absolute atomic E-state index is 11.9. The summed E-state index contributed by atoms with van der Waals surface area (Å²) in [7, 11) is 1.65. The van der Waals surface area contributed by atoms with Gasteiger partial charge in [-0.15, -0.1) is 0 Å². The zero-order valence-corrected chi connectivity index (χ0v) is 10.5. The lowest BCUT2D eigenvalue weighted by Gasteiger charge is -2.22. The molecule has 0 atom stereocenters. The third kappa shape index (κ3) is 2.10. The average Bonchev–Trinajstić information content (AvgIpc) is 2.38. The number of carbonyl (C=O) groups excluding carboxylic acids is 2. The number of rotatable bonds is 4. The lowest BCUT2D eigenvalue weighted by atomic mass is 10.1. The predicted molar refractivity (Wildman–Crippen MR) is 62.7 cm³/mol. The number of urea groups is 1. The summed E-state index contributed by atoms with van der Waals surface area (Å²) in [6.45, 7) is 5.62. The summed E-state index contributed by atoms with van der Waals surface area (Å²) < 4.78 is 0. The van der Waals surface area contributed by atoms with Crippen LogP contribution in [0.5, 0.6) is 0 Å². The topological polar surface area (TPSA) is 40.6 Å². The molecule has 0 aliphatic carbocycles. The van der Waals surface area contributed by atoms with Crippen molar-refractivity contribution in [3.8, 4) is 0 Å². The lowest BCUT2D eigenvalue weighted by molar-refractivity contribution is -0.129. The smallest absolute Gasteiger partial charge is 0.313 e. The highest BCUT2D eigenvalue weighted by Crippen LogP contribution is 2.25. The van der Waals surface area contributed by atoms with Crippen molar-refractivity contribution >= 4 is 11.9 Å². The van der Waals surface area contributed by atoms with Gasteiger partial charge in [0.25, 0.3) is 5.91 Å². The first-order chi connectivity index (χ1) is 7.42. The first-order valence-corrected chi connectivity index (χ1v) is 5.71. The Hall–Kier alpha value is -1.32. The Morgan fingerprint density at radius 3 is 2.38 bits per heavy atom. The largest absolute Gasteiger partial charge is 0.331 e. The van der Waals surface area contributed by atoms with Crippen molar-refractivity contribution in [3.63, 3.8) is 0 Å². The number of unbranched alkanes of at least 4 members (excludes halogenated alkanes) is 2. The van der Waals surface area contributed by atoms with Gasteiger partial charge in [-0.2, -0.15) is 0 Å². The first kappa shape index (κ1) is 12.7. The van der Waals surface area contributed by atoms with Crippen molar-refractivity contribution < 1.29 is 9.59 Å². The first-order valence-electron chi connectivity index (χ1n) is 5.71. The van der Waals surface area contributed by atoms with Crippen molar-refractivity contribution in [3.05, 3.63) is 12.3 Å². The van der Waals surface area contributed by atoms with Crippen molar-refractivity contribution in [1.82, 2.24) is 9.80 Å². The van der Waals surface area contributed by atoms with Gasteiger partial charge < -0.3 is 4.90 Å². The molecule has 1 aliphatic heterocycles. The summed E-state index contributed by atoms with van der Waals surface area (Å²) in [4.78, 5) is 26.4. The van der Waals surface area contributed by atoms with Gasteiger partial charge in [0.1, 0.15) is 5.54 Å². The number of likely N-dealkylation sites (N-methyl/N-ethyl adjacent to an activating group) is 1. The van der Waals surface area contributed by atoms with Gasteiger partial charge in [0.2, 0.25) is 0 Å². The zero-order valence-electron chi connectivity index (χ0n) is 10.5. The highest BCUT2D eigenvalue weighted by atomic mass is 16.2. The van der Waals surface area contributed by atoms with Gasteiger partial charge >= 0.3 is 6.03 Å². The van der Waals surface area contributed by atoms with Crippen LogP contribution in [0.4, 0.5) is 4.79 Å². The Morgan fingerprint density at radius 2 is 1.94 bits per heavy atom. The summed E-state index contributed by atoms with van der Waals surface area (Å²) in [6, 6.07) is -0.247. The quantitative estimate of drug-likeness (QED) is 0.543. The van der Waals surface area contributed by atoms with Crippen LogP contribution in [0.2, 0.25) is 0 Å². The molecule has 0 saturated carbocycles. The SMILES string of the molecule is CCCC/C=C\N1C(=O)N(C)C(C)(C)C1=O. The Balaban J connectivity index is 2.72. The number of nitrogens with zero attached hydrogens (tertiary/aromatic N) is 2. The number of allylic oxidation sites excluding steroid dienone is 1. The molecule has 1 saturated heterocycles. The van der Waals surface area contributed by atoms with E-state index in [0.29, 0.717) is 0 Å². The van der Waals surface area contributed by atoms with Gasteiger partial charge in [-0.05, 0) is 20.3 Å². The van der Waals surface area contributed by atoms with Gasteiger partial charge in [-0.1, -0.05) is 25.8 Å². The summed E-state index contributed by atoms with van der Waals surface area (Å²) in [5, 5.41) is 0. The molecule has 90 valence electrons. The van der Waals surface area contributed by atoms with Crippen LogP contribution in [0, 0.1) is 0 Å². The van der Waals surface area contributed by atoms with Gasteiger partial charge in [0.05, 0.1) is 0 Å². The van der Waals surface area contributed by atoms with E-state index in [1.54, 1.807) is 27.1 Å². The molecule has 1 rings (SSSR count). The van der Waals surface area contributed by atoms with Crippen LogP contribution in [0.1, 0.15) is 40.0 Å². The van der Waals surface area contributed by atoms with Crippen LogP contribution >= 0.6 is 0 Å². The van der Waals surface area contributed by atoms with E-state index in [4.69, 9.17) is 0 Å². The van der Waals surface area contributed by atoms with E-state index in [-0.39, 0.29) is 11.9 Å². The fourth-order valence-electron chi connectivity index (χ4n) is 1.56. The predicted octanol–water partition coefficient (Wildman–Crippen LogP) is 2.36. The van der Waals surface area contributed by atoms with Crippen LogP contribution in [0.25, 0.3) is 0 Å². The van der Waals surface area contributed by atoms with Gasteiger partial charge in [0, 0.05) is 13.2 Å². The molecule has 0 aromatic rings. The molecule has 1 heterocycles. The van der Waals surface area contributed by atoms with Crippen molar-refractivity contribution in [2.45, 2.75) is 45.6 Å². The van der Waals surface area contributed by atoms with Gasteiger partial charge in [-0.25, -0.2) is 9.69 Å². The van der Waals surface area contributed by atoms with E-state index in [1.807, 2.05) is 6.08 Å². The van der Waals surface area contributed by atoms with Gasteiger partial charge in [0.15, 0.2) is 0 Å². The second-order valence-corrected chi connectivity index (χ2v) is 4.60. The zero-order chi connectivity index (χ0) is 12.3. The maximum Gasteiger partial charge on any atom is 0.331 e. The van der Waals surface area contributed by atoms with E-state index in [1.165, 1.54) is 9.80 Å². The monoisotopic (exact) mass is 224 g/mol. The molecule has 0 bridgehead atoms. The summed E-state index contributed by atoms with van der Waals surface area (Å²) in [6.07, 6.45) is 6.57. The van der Waals surface area contributed by atoms with E-state index in [2.05, 4.69) is 6.92 Å². The molecular formula is C12H20N2O2. The van der Waals surface area contributed by atoms with E-state index in [0.717, 1.165) is 19.3 Å². The van der Waals surface area contributed by atoms with Crippen LogP contribution in [-0.4, -0.2) is 34.3 Å². The molecule has 0 unspecified atom stereocenters. The summed E-state index contributed by atoms with van der Waals surface area (Å²) >= 11 is 0. The Bertz CT molecular complexity index is 321. The normalized spacial score (nSPS) is 20.2. The van der Waals surface area contributed by atoms with Crippen LogP contribution < -0.4 is 0 Å². The number of hydrogen-bond donors (Lipinski definition) is 0. The highest BCUT2D eigenvalue weighted by Gasteiger charge is 2.48. The molecule has 4 heteroatoms. The molecule has 0 N–H and O–H groups in total. The Kier molecular flexibility index (Phi) is 3.73. The van der Waals surface area contributed by atoms with Crippen LogP contribution in [0.15, 0.2) is 12.3 Å². The third-order valence-electron chi connectivity index (χ3n) is 3.05. The number of hydrogen-bond acceptors (Lipinski definition) is 2. The Labute approximate surface area is 96.9 Å². The highest BCUT2D eigenvalue weighted by molar-refractivity contribution is 6.07. The van der Waals surface area contributed by atoms with Crippen molar-refractivity contribution in [1.29, 1.82) is 0 Å².